The van der Waals surface area contributed by atoms with Crippen LogP contribution in [0.2, 0.25) is 0 Å². The zero-order chi connectivity index (χ0) is 21.4. The number of aliphatic imine (C=N–C) groups is 1. The molecule has 2 N–H and O–H groups in total. The molecule has 1 aliphatic rings. The highest BCUT2D eigenvalue weighted by molar-refractivity contribution is 5.86. The van der Waals surface area contributed by atoms with Crippen LogP contribution in [0.1, 0.15) is 32.8 Å². The molecular formula is C21H33N5O3. The maximum atomic E-state index is 12.3. The van der Waals surface area contributed by atoms with Crippen LogP contribution < -0.4 is 10.6 Å². The van der Waals surface area contributed by atoms with Gasteiger partial charge in [0, 0.05) is 33.2 Å². The number of ether oxygens (including phenoxy) is 1. The second kappa shape index (κ2) is 10.1. The van der Waals surface area contributed by atoms with Gasteiger partial charge in [-0.25, -0.2) is 9.79 Å². The van der Waals surface area contributed by atoms with E-state index in [1.165, 1.54) is 4.90 Å². The Kier molecular flexibility index (Phi) is 7.87. The van der Waals surface area contributed by atoms with Gasteiger partial charge in [-0.15, -0.1) is 0 Å². The molecule has 1 aliphatic heterocycles. The van der Waals surface area contributed by atoms with Gasteiger partial charge in [0.05, 0.1) is 13.1 Å². The molecule has 0 saturated carbocycles. The molecule has 1 saturated heterocycles. The van der Waals surface area contributed by atoms with Crippen molar-refractivity contribution in [2.24, 2.45) is 4.99 Å². The molecule has 8 nitrogen and oxygen atoms in total. The number of rotatable bonds is 5. The summed E-state index contributed by atoms with van der Waals surface area (Å²) >= 11 is 0. The lowest BCUT2D eigenvalue weighted by Gasteiger charge is -2.24. The predicted octanol–water partition coefficient (Wildman–Crippen LogP) is 1.82. The van der Waals surface area contributed by atoms with Gasteiger partial charge in [-0.2, -0.15) is 0 Å². The number of hydrogen-bond donors (Lipinski definition) is 2. The van der Waals surface area contributed by atoms with Crippen LogP contribution in [-0.4, -0.2) is 73.1 Å². The van der Waals surface area contributed by atoms with Gasteiger partial charge < -0.3 is 25.2 Å². The van der Waals surface area contributed by atoms with Crippen LogP contribution in [0.25, 0.3) is 0 Å². The summed E-state index contributed by atoms with van der Waals surface area (Å²) in [5.41, 5.74) is 0.563. The van der Waals surface area contributed by atoms with Crippen molar-refractivity contribution in [1.29, 1.82) is 0 Å². The zero-order valence-corrected chi connectivity index (χ0v) is 18.1. The van der Waals surface area contributed by atoms with E-state index in [0.29, 0.717) is 25.6 Å². The average molecular weight is 404 g/mol. The summed E-state index contributed by atoms with van der Waals surface area (Å²) in [6, 6.07) is 9.95. The smallest absolute Gasteiger partial charge is 0.410 e. The van der Waals surface area contributed by atoms with Crippen molar-refractivity contribution < 1.29 is 14.3 Å². The molecule has 1 heterocycles. The molecule has 2 amide bonds. The molecule has 0 bridgehead atoms. The highest BCUT2D eigenvalue weighted by Crippen LogP contribution is 2.15. The molecule has 1 unspecified atom stereocenters. The minimum atomic E-state index is -0.515. The Balaban J connectivity index is 1.97. The lowest BCUT2D eigenvalue weighted by Crippen LogP contribution is -2.48. The van der Waals surface area contributed by atoms with E-state index in [2.05, 4.69) is 15.6 Å². The molecule has 1 fully saturated rings. The molecular weight excluding hydrogens is 370 g/mol. The van der Waals surface area contributed by atoms with Crippen LogP contribution in [0.4, 0.5) is 4.79 Å². The van der Waals surface area contributed by atoms with Crippen molar-refractivity contribution in [2.45, 2.75) is 45.4 Å². The van der Waals surface area contributed by atoms with Crippen molar-refractivity contribution in [2.75, 3.05) is 33.7 Å². The number of likely N-dealkylation sites (tertiary alicyclic amines) is 1. The third kappa shape index (κ3) is 8.01. The predicted molar refractivity (Wildman–Crippen MR) is 114 cm³/mol. The van der Waals surface area contributed by atoms with E-state index in [0.717, 1.165) is 12.0 Å². The average Bonchev–Trinajstić information content (AvgIpc) is 3.11. The molecule has 1 aromatic carbocycles. The molecule has 0 aliphatic carbocycles. The van der Waals surface area contributed by atoms with Crippen LogP contribution in [0.15, 0.2) is 35.3 Å². The first kappa shape index (κ1) is 22.5. The van der Waals surface area contributed by atoms with Crippen LogP contribution in [0.3, 0.4) is 0 Å². The molecule has 160 valence electrons. The molecule has 29 heavy (non-hydrogen) atoms. The molecule has 0 spiro atoms. The first-order valence-corrected chi connectivity index (χ1v) is 9.91. The van der Waals surface area contributed by atoms with Gasteiger partial charge in [-0.3, -0.25) is 4.79 Å². The minimum absolute atomic E-state index is 0.0407. The number of hydrogen-bond acceptors (Lipinski definition) is 4. The summed E-state index contributed by atoms with van der Waals surface area (Å²) in [5, 5.41) is 6.44. The molecule has 1 atom stereocenters. The van der Waals surface area contributed by atoms with E-state index in [1.807, 2.05) is 51.1 Å². The molecule has 1 aromatic rings. The van der Waals surface area contributed by atoms with Crippen molar-refractivity contribution in [3.63, 3.8) is 0 Å². The molecule has 0 aromatic heterocycles. The third-order valence-electron chi connectivity index (χ3n) is 4.35. The van der Waals surface area contributed by atoms with E-state index in [9.17, 15) is 9.59 Å². The maximum Gasteiger partial charge on any atom is 0.410 e. The number of nitrogens with zero attached hydrogens (tertiary/aromatic N) is 3. The molecule has 2 rings (SSSR count). The van der Waals surface area contributed by atoms with Gasteiger partial charge in [0.2, 0.25) is 5.91 Å². The van der Waals surface area contributed by atoms with Gasteiger partial charge in [0.1, 0.15) is 5.60 Å². The molecule has 0 radical (unpaired) electrons. The second-order valence-corrected chi connectivity index (χ2v) is 8.35. The van der Waals surface area contributed by atoms with Crippen molar-refractivity contribution >= 4 is 18.0 Å². The first-order valence-electron chi connectivity index (χ1n) is 9.91. The van der Waals surface area contributed by atoms with Crippen LogP contribution in [0.5, 0.6) is 0 Å². The number of nitrogens with one attached hydrogen (secondary N) is 2. The number of guanidine groups is 1. The van der Waals surface area contributed by atoms with Gasteiger partial charge >= 0.3 is 6.09 Å². The Morgan fingerprint density at radius 2 is 1.93 bits per heavy atom. The third-order valence-corrected chi connectivity index (χ3v) is 4.35. The Labute approximate surface area is 173 Å². The van der Waals surface area contributed by atoms with Gasteiger partial charge in [0.25, 0.3) is 0 Å². The summed E-state index contributed by atoms with van der Waals surface area (Å²) in [4.78, 5) is 32.1. The fraction of sp³-hybridized carbons (Fsp3) is 0.571. The summed E-state index contributed by atoms with van der Waals surface area (Å²) in [6.45, 7) is 7.37. The number of carbonyl (C=O) groups excluding carboxylic acids is 2. The SMILES string of the molecule is CN(C)C(=O)CNC(=NCc1ccccc1)NC1CCN(C(=O)OC(C)(C)C)C1. The lowest BCUT2D eigenvalue weighted by atomic mass is 10.2. The zero-order valence-electron chi connectivity index (χ0n) is 18.1. The van der Waals surface area contributed by atoms with Crippen LogP contribution in [-0.2, 0) is 16.1 Å². The number of carbonyl (C=O) groups is 2. The quantitative estimate of drug-likeness (QED) is 0.579. The number of benzene rings is 1. The summed E-state index contributed by atoms with van der Waals surface area (Å²) < 4.78 is 5.45. The maximum absolute atomic E-state index is 12.3. The topological polar surface area (TPSA) is 86.3 Å². The second-order valence-electron chi connectivity index (χ2n) is 8.35. The van der Waals surface area contributed by atoms with Crippen molar-refractivity contribution in [3.05, 3.63) is 35.9 Å². The number of likely N-dealkylation sites (N-methyl/N-ethyl adjacent to an activating group) is 1. The monoisotopic (exact) mass is 403 g/mol. The van der Waals surface area contributed by atoms with E-state index in [-0.39, 0.29) is 24.6 Å². The molecule has 8 heteroatoms. The van der Waals surface area contributed by atoms with Gasteiger partial charge in [0.15, 0.2) is 5.96 Å². The highest BCUT2D eigenvalue weighted by atomic mass is 16.6. The van der Waals surface area contributed by atoms with E-state index in [4.69, 9.17) is 4.74 Å². The normalized spacial score (nSPS) is 17.1. The van der Waals surface area contributed by atoms with E-state index >= 15 is 0 Å². The summed E-state index contributed by atoms with van der Waals surface area (Å²) in [5.74, 6) is 0.515. The fourth-order valence-corrected chi connectivity index (χ4v) is 2.79. The number of amides is 2. The summed E-state index contributed by atoms with van der Waals surface area (Å²) in [6.07, 6.45) is 0.479. The standard InChI is InChI=1S/C21H33N5O3/c1-21(2,3)29-20(28)26-12-11-17(15-26)24-19(23-14-18(27)25(4)5)22-13-16-9-7-6-8-10-16/h6-10,17H,11-15H2,1-5H3,(H2,22,23,24). The first-order chi connectivity index (χ1) is 13.6. The minimum Gasteiger partial charge on any atom is -0.444 e. The van der Waals surface area contributed by atoms with E-state index < -0.39 is 5.60 Å². The Hall–Kier alpha value is -2.77. The van der Waals surface area contributed by atoms with Gasteiger partial charge in [-0.1, -0.05) is 30.3 Å². The van der Waals surface area contributed by atoms with Crippen LogP contribution in [0, 0.1) is 0 Å². The van der Waals surface area contributed by atoms with Crippen molar-refractivity contribution in [3.8, 4) is 0 Å². The Morgan fingerprint density at radius 3 is 2.55 bits per heavy atom. The Morgan fingerprint density at radius 1 is 1.24 bits per heavy atom. The Bertz CT molecular complexity index is 713. The van der Waals surface area contributed by atoms with Crippen molar-refractivity contribution in [1.82, 2.24) is 20.4 Å². The highest BCUT2D eigenvalue weighted by Gasteiger charge is 2.30. The largest absolute Gasteiger partial charge is 0.444 e. The van der Waals surface area contributed by atoms with E-state index in [1.54, 1.807) is 19.0 Å². The fourth-order valence-electron chi connectivity index (χ4n) is 2.79. The lowest BCUT2D eigenvalue weighted by molar-refractivity contribution is -0.127. The summed E-state index contributed by atoms with van der Waals surface area (Å²) in [7, 11) is 3.43. The van der Waals surface area contributed by atoms with Crippen LogP contribution >= 0.6 is 0 Å². The van der Waals surface area contributed by atoms with Gasteiger partial charge in [-0.05, 0) is 32.8 Å².